The molecule has 1 saturated heterocycles. The predicted molar refractivity (Wildman–Crippen MR) is 65.2 cm³/mol. The molecule has 1 unspecified atom stereocenters. The topological polar surface area (TPSA) is 54.5 Å². The fourth-order valence-electron chi connectivity index (χ4n) is 2.05. The summed E-state index contributed by atoms with van der Waals surface area (Å²) in [6.45, 7) is 2.27. The molecule has 0 N–H and O–H groups in total. The summed E-state index contributed by atoms with van der Waals surface area (Å²) in [6.07, 6.45) is 0.664. The van der Waals surface area contributed by atoms with Gasteiger partial charge in [0.05, 0.1) is 5.75 Å². The third kappa shape index (κ3) is 2.34. The van der Waals surface area contributed by atoms with Crippen LogP contribution in [-0.2, 0) is 16.4 Å². The quantitative estimate of drug-likeness (QED) is 0.825. The monoisotopic (exact) mass is 253 g/mol. The van der Waals surface area contributed by atoms with E-state index in [0.29, 0.717) is 13.0 Å². The third-order valence-electron chi connectivity index (χ3n) is 3.02. The molecule has 0 spiro atoms. The van der Waals surface area contributed by atoms with Crippen molar-refractivity contribution in [1.29, 1.82) is 0 Å². The van der Waals surface area contributed by atoms with Crippen LogP contribution in [0.3, 0.4) is 0 Å². The summed E-state index contributed by atoms with van der Waals surface area (Å²) in [5, 5.41) is -0.729. The highest BCUT2D eigenvalue weighted by Gasteiger charge is 2.42. The van der Waals surface area contributed by atoms with Gasteiger partial charge in [-0.1, -0.05) is 37.3 Å². The summed E-state index contributed by atoms with van der Waals surface area (Å²) >= 11 is 0. The largest absolute Gasteiger partial charge is 0.339 e. The Morgan fingerprint density at radius 3 is 2.53 bits per heavy atom. The minimum absolute atomic E-state index is 0.0465. The molecule has 0 aromatic heterocycles. The second-order valence-electron chi connectivity index (χ2n) is 4.22. The standard InChI is InChI=1S/C12H15NO3S/c1-2-11-9-17(15,16)12(14)13(11)8-10-6-4-3-5-7-10/h3-7,11H,2,8-9H2,1H3. The summed E-state index contributed by atoms with van der Waals surface area (Å²) < 4.78 is 23.1. The highest BCUT2D eigenvalue weighted by atomic mass is 32.2. The van der Waals surface area contributed by atoms with E-state index in [-0.39, 0.29) is 11.8 Å². The minimum atomic E-state index is -3.57. The maximum absolute atomic E-state index is 11.7. The molecular weight excluding hydrogens is 238 g/mol. The number of sulfone groups is 1. The van der Waals surface area contributed by atoms with E-state index in [0.717, 1.165) is 5.56 Å². The predicted octanol–water partition coefficient (Wildman–Crippen LogP) is 1.82. The van der Waals surface area contributed by atoms with Crippen molar-refractivity contribution >= 4 is 15.1 Å². The number of hydrogen-bond acceptors (Lipinski definition) is 3. The van der Waals surface area contributed by atoms with Crippen LogP contribution in [0.4, 0.5) is 4.79 Å². The first-order valence-electron chi connectivity index (χ1n) is 5.62. The van der Waals surface area contributed by atoms with Gasteiger partial charge in [-0.2, -0.15) is 0 Å². The van der Waals surface area contributed by atoms with Gasteiger partial charge in [0.25, 0.3) is 0 Å². The molecule has 0 radical (unpaired) electrons. The first-order chi connectivity index (χ1) is 8.04. The zero-order chi connectivity index (χ0) is 12.5. The lowest BCUT2D eigenvalue weighted by atomic mass is 10.1. The Balaban J connectivity index is 2.23. The SMILES string of the molecule is CCC1CS(=O)(=O)C(=O)N1Cc1ccccc1. The highest BCUT2D eigenvalue weighted by Crippen LogP contribution is 2.23. The van der Waals surface area contributed by atoms with Crippen molar-refractivity contribution in [3.05, 3.63) is 35.9 Å². The average molecular weight is 253 g/mol. The lowest BCUT2D eigenvalue weighted by molar-refractivity contribution is 0.205. The van der Waals surface area contributed by atoms with Crippen molar-refractivity contribution in [2.45, 2.75) is 25.9 Å². The van der Waals surface area contributed by atoms with E-state index in [1.54, 1.807) is 0 Å². The molecule has 1 heterocycles. The second-order valence-corrected chi connectivity index (χ2v) is 6.13. The number of hydrogen-bond donors (Lipinski definition) is 0. The van der Waals surface area contributed by atoms with Gasteiger partial charge < -0.3 is 4.90 Å². The number of amides is 1. The van der Waals surface area contributed by atoms with Gasteiger partial charge in [0.1, 0.15) is 0 Å². The molecule has 1 aromatic carbocycles. The Kier molecular flexibility index (Phi) is 3.19. The van der Waals surface area contributed by atoms with E-state index in [1.165, 1.54) is 4.90 Å². The Hall–Kier alpha value is -1.36. The lowest BCUT2D eigenvalue weighted by Crippen LogP contribution is -2.32. The molecule has 2 rings (SSSR count). The van der Waals surface area contributed by atoms with Gasteiger partial charge in [-0.15, -0.1) is 0 Å². The summed E-state index contributed by atoms with van der Waals surface area (Å²) in [6, 6.07) is 9.25. The lowest BCUT2D eigenvalue weighted by Gasteiger charge is -2.21. The fraction of sp³-hybridized carbons (Fsp3) is 0.417. The van der Waals surface area contributed by atoms with Gasteiger partial charge in [0.2, 0.25) is 9.84 Å². The molecule has 1 aliphatic rings. The van der Waals surface area contributed by atoms with Crippen LogP contribution in [0.15, 0.2) is 30.3 Å². The summed E-state index contributed by atoms with van der Waals surface area (Å²) in [5.74, 6) is -0.0465. The molecule has 1 fully saturated rings. The van der Waals surface area contributed by atoms with Crippen LogP contribution < -0.4 is 0 Å². The van der Waals surface area contributed by atoms with Crippen LogP contribution in [-0.4, -0.2) is 30.4 Å². The van der Waals surface area contributed by atoms with Crippen LogP contribution in [0.25, 0.3) is 0 Å². The van der Waals surface area contributed by atoms with E-state index in [2.05, 4.69) is 0 Å². The molecule has 4 nitrogen and oxygen atoms in total. The van der Waals surface area contributed by atoms with Crippen LogP contribution in [0.2, 0.25) is 0 Å². The molecule has 0 bridgehead atoms. The summed E-state index contributed by atoms with van der Waals surface area (Å²) in [5.41, 5.74) is 0.955. The number of benzene rings is 1. The van der Waals surface area contributed by atoms with Crippen LogP contribution in [0.5, 0.6) is 0 Å². The van der Waals surface area contributed by atoms with E-state index < -0.39 is 15.1 Å². The van der Waals surface area contributed by atoms with Gasteiger partial charge in [0.15, 0.2) is 0 Å². The van der Waals surface area contributed by atoms with Gasteiger partial charge in [-0.05, 0) is 12.0 Å². The molecular formula is C12H15NO3S. The Morgan fingerprint density at radius 1 is 1.29 bits per heavy atom. The number of carbonyl (C=O) groups is 1. The molecule has 1 atom stereocenters. The van der Waals surface area contributed by atoms with E-state index in [4.69, 9.17) is 0 Å². The first-order valence-corrected chi connectivity index (χ1v) is 7.27. The second kappa shape index (κ2) is 4.49. The molecule has 0 saturated carbocycles. The molecule has 1 aliphatic heterocycles. The normalized spacial score (nSPS) is 23.0. The number of nitrogens with zero attached hydrogens (tertiary/aromatic N) is 1. The number of carbonyl (C=O) groups excluding carboxylic acids is 1. The molecule has 92 valence electrons. The Bertz CT molecular complexity index is 510. The van der Waals surface area contributed by atoms with Crippen molar-refractivity contribution in [2.24, 2.45) is 0 Å². The zero-order valence-corrected chi connectivity index (χ0v) is 10.5. The Morgan fingerprint density at radius 2 is 1.94 bits per heavy atom. The fourth-order valence-corrected chi connectivity index (χ4v) is 3.69. The van der Waals surface area contributed by atoms with Gasteiger partial charge >= 0.3 is 5.24 Å². The van der Waals surface area contributed by atoms with E-state index in [9.17, 15) is 13.2 Å². The molecule has 1 aromatic rings. The van der Waals surface area contributed by atoms with Crippen molar-refractivity contribution in [2.75, 3.05) is 5.75 Å². The van der Waals surface area contributed by atoms with Crippen molar-refractivity contribution in [1.82, 2.24) is 4.90 Å². The number of rotatable bonds is 3. The molecule has 17 heavy (non-hydrogen) atoms. The van der Waals surface area contributed by atoms with Gasteiger partial charge in [-0.25, -0.2) is 8.42 Å². The van der Waals surface area contributed by atoms with E-state index in [1.807, 2.05) is 37.3 Å². The molecule has 5 heteroatoms. The van der Waals surface area contributed by atoms with Crippen LogP contribution in [0, 0.1) is 0 Å². The van der Waals surface area contributed by atoms with Gasteiger partial charge in [0, 0.05) is 12.6 Å². The first kappa shape index (κ1) is 12.1. The van der Waals surface area contributed by atoms with Crippen molar-refractivity contribution in [3.63, 3.8) is 0 Å². The molecule has 0 aliphatic carbocycles. The van der Waals surface area contributed by atoms with Gasteiger partial charge in [-0.3, -0.25) is 4.79 Å². The highest BCUT2D eigenvalue weighted by molar-refractivity contribution is 8.06. The van der Waals surface area contributed by atoms with Crippen LogP contribution >= 0.6 is 0 Å². The van der Waals surface area contributed by atoms with Crippen molar-refractivity contribution in [3.8, 4) is 0 Å². The van der Waals surface area contributed by atoms with E-state index >= 15 is 0 Å². The maximum Gasteiger partial charge on any atom is 0.339 e. The summed E-state index contributed by atoms with van der Waals surface area (Å²) in [7, 11) is -3.57. The van der Waals surface area contributed by atoms with Crippen LogP contribution in [0.1, 0.15) is 18.9 Å². The zero-order valence-electron chi connectivity index (χ0n) is 9.67. The Labute approximate surface area is 101 Å². The maximum atomic E-state index is 11.7. The summed E-state index contributed by atoms with van der Waals surface area (Å²) in [4.78, 5) is 13.2. The third-order valence-corrected chi connectivity index (χ3v) is 4.61. The minimum Gasteiger partial charge on any atom is -0.321 e. The van der Waals surface area contributed by atoms with Crippen molar-refractivity contribution < 1.29 is 13.2 Å². The molecule has 1 amide bonds. The smallest absolute Gasteiger partial charge is 0.321 e. The average Bonchev–Trinajstić information content (AvgIpc) is 2.54.